The lowest BCUT2D eigenvalue weighted by Crippen LogP contribution is -2.33. The molecule has 2 heterocycles. The number of para-hydroxylation sites is 1. The molecule has 0 radical (unpaired) electrons. The number of rotatable bonds is 7. The van der Waals surface area contributed by atoms with Gasteiger partial charge in [0.25, 0.3) is 0 Å². The molecule has 1 amide bonds. The number of nitrogens with one attached hydrogen (secondary N) is 1. The van der Waals surface area contributed by atoms with Crippen LogP contribution in [0.5, 0.6) is 0 Å². The van der Waals surface area contributed by atoms with Crippen LogP contribution >= 0.6 is 0 Å². The molecule has 4 rings (SSSR count). The number of furan rings is 1. The van der Waals surface area contributed by atoms with E-state index >= 15 is 0 Å². The summed E-state index contributed by atoms with van der Waals surface area (Å²) in [5.41, 5.74) is 0.863. The van der Waals surface area contributed by atoms with Crippen molar-refractivity contribution >= 4 is 16.9 Å². The van der Waals surface area contributed by atoms with Gasteiger partial charge in [0.1, 0.15) is 18.0 Å². The number of ether oxygens (including phenoxy) is 2. The summed E-state index contributed by atoms with van der Waals surface area (Å²) < 4.78 is 16.9. The third-order valence-corrected chi connectivity index (χ3v) is 4.72. The van der Waals surface area contributed by atoms with Crippen LogP contribution in [0.25, 0.3) is 11.0 Å². The van der Waals surface area contributed by atoms with Gasteiger partial charge in [-0.25, -0.2) is 0 Å². The minimum absolute atomic E-state index is 0.0590. The lowest BCUT2D eigenvalue weighted by atomic mass is 10.1. The largest absolute Gasteiger partial charge is 0.459 e. The van der Waals surface area contributed by atoms with Gasteiger partial charge in [-0.15, -0.1) is 0 Å². The lowest BCUT2D eigenvalue weighted by molar-refractivity contribution is -0.127. The number of fused-ring (bicyclic) bond motifs is 1. The van der Waals surface area contributed by atoms with Crippen LogP contribution in [0.3, 0.4) is 0 Å². The molecule has 24 heavy (non-hydrogen) atoms. The number of hydrogen-bond acceptors (Lipinski definition) is 4. The SMILES string of the molecule is O=C(COC[C@H]1CCCO1)N[C@H](c1cc2ccccc2o1)C1CC1. The molecule has 2 atom stereocenters. The van der Waals surface area contributed by atoms with Crippen molar-refractivity contribution in [2.45, 2.75) is 37.8 Å². The van der Waals surface area contributed by atoms with Crippen LogP contribution in [0.4, 0.5) is 0 Å². The Morgan fingerprint density at radius 1 is 1.29 bits per heavy atom. The quantitative estimate of drug-likeness (QED) is 0.847. The van der Waals surface area contributed by atoms with Crippen molar-refractivity contribution < 1.29 is 18.7 Å². The fourth-order valence-electron chi connectivity index (χ4n) is 3.28. The van der Waals surface area contributed by atoms with E-state index in [2.05, 4.69) is 5.32 Å². The zero-order valence-electron chi connectivity index (χ0n) is 13.7. The predicted molar refractivity (Wildman–Crippen MR) is 89.6 cm³/mol. The first kappa shape index (κ1) is 15.7. The number of amides is 1. The van der Waals surface area contributed by atoms with Crippen molar-refractivity contribution in [1.29, 1.82) is 0 Å². The Labute approximate surface area is 141 Å². The molecule has 1 saturated carbocycles. The smallest absolute Gasteiger partial charge is 0.246 e. The van der Waals surface area contributed by atoms with Crippen molar-refractivity contribution in [3.63, 3.8) is 0 Å². The maximum absolute atomic E-state index is 12.2. The summed E-state index contributed by atoms with van der Waals surface area (Å²) in [5.74, 6) is 1.21. The zero-order chi connectivity index (χ0) is 16.4. The van der Waals surface area contributed by atoms with Gasteiger partial charge in [-0.1, -0.05) is 18.2 Å². The Balaban J connectivity index is 1.35. The van der Waals surface area contributed by atoms with E-state index in [4.69, 9.17) is 13.9 Å². The molecule has 1 aliphatic heterocycles. The van der Waals surface area contributed by atoms with E-state index in [0.29, 0.717) is 12.5 Å². The molecule has 2 aromatic rings. The fraction of sp³-hybridized carbons (Fsp3) is 0.526. The highest BCUT2D eigenvalue weighted by molar-refractivity contribution is 5.79. The molecule has 5 heteroatoms. The van der Waals surface area contributed by atoms with Crippen LogP contribution in [0.2, 0.25) is 0 Å². The zero-order valence-corrected chi connectivity index (χ0v) is 13.7. The third kappa shape index (κ3) is 3.62. The van der Waals surface area contributed by atoms with Gasteiger partial charge in [0.05, 0.1) is 18.8 Å². The van der Waals surface area contributed by atoms with Crippen molar-refractivity contribution in [1.82, 2.24) is 5.32 Å². The summed E-state index contributed by atoms with van der Waals surface area (Å²) in [4.78, 5) is 12.2. The molecule has 0 spiro atoms. The van der Waals surface area contributed by atoms with Gasteiger partial charge in [0.2, 0.25) is 5.91 Å². The molecule has 1 saturated heterocycles. The Hall–Kier alpha value is -1.85. The average molecular weight is 329 g/mol. The van der Waals surface area contributed by atoms with Gasteiger partial charge in [-0.2, -0.15) is 0 Å². The van der Waals surface area contributed by atoms with Crippen LogP contribution in [0.1, 0.15) is 37.5 Å². The van der Waals surface area contributed by atoms with Crippen LogP contribution in [-0.2, 0) is 14.3 Å². The molecule has 1 N–H and O–H groups in total. The Morgan fingerprint density at radius 2 is 2.17 bits per heavy atom. The third-order valence-electron chi connectivity index (χ3n) is 4.72. The Bertz CT molecular complexity index is 667. The number of benzene rings is 1. The molecule has 5 nitrogen and oxygen atoms in total. The van der Waals surface area contributed by atoms with Crippen molar-refractivity contribution in [2.75, 3.05) is 19.8 Å². The van der Waals surface area contributed by atoms with Crippen LogP contribution in [0.15, 0.2) is 34.7 Å². The highest BCUT2D eigenvalue weighted by atomic mass is 16.5. The molecule has 1 aromatic heterocycles. The Kier molecular flexibility index (Phi) is 4.54. The Morgan fingerprint density at radius 3 is 2.92 bits per heavy atom. The van der Waals surface area contributed by atoms with E-state index in [1.54, 1.807) is 0 Å². The van der Waals surface area contributed by atoms with Crippen LogP contribution in [0, 0.1) is 5.92 Å². The maximum atomic E-state index is 12.2. The first-order valence-electron chi connectivity index (χ1n) is 8.77. The van der Waals surface area contributed by atoms with Gasteiger partial charge in [0.15, 0.2) is 0 Å². The van der Waals surface area contributed by atoms with E-state index in [1.165, 1.54) is 0 Å². The first-order valence-corrected chi connectivity index (χ1v) is 8.77. The molecule has 128 valence electrons. The summed E-state index contributed by atoms with van der Waals surface area (Å²) in [6.07, 6.45) is 4.49. The van der Waals surface area contributed by atoms with E-state index in [0.717, 1.165) is 49.0 Å². The number of carbonyl (C=O) groups is 1. The molecular weight excluding hydrogens is 306 g/mol. The normalized spacial score (nSPS) is 21.9. The standard InChI is InChI=1S/C19H23NO4/c21-18(12-22-11-15-5-3-9-23-15)20-19(13-7-8-13)17-10-14-4-1-2-6-16(14)24-17/h1-2,4,6,10,13,15,19H,3,5,7-9,11-12H2,(H,20,21)/t15-,19+/m1/s1. The van der Waals surface area contributed by atoms with Crippen LogP contribution in [-0.4, -0.2) is 31.8 Å². The summed E-state index contributed by atoms with van der Waals surface area (Å²) in [5, 5.41) is 4.15. The molecule has 2 fully saturated rings. The van der Waals surface area contributed by atoms with Crippen molar-refractivity contribution in [3.05, 3.63) is 36.1 Å². The second-order valence-corrected chi connectivity index (χ2v) is 6.72. The fourth-order valence-corrected chi connectivity index (χ4v) is 3.28. The van der Waals surface area contributed by atoms with Gasteiger partial charge in [-0.05, 0) is 43.7 Å². The second-order valence-electron chi connectivity index (χ2n) is 6.72. The predicted octanol–water partition coefficient (Wildman–Crippen LogP) is 3.20. The second kappa shape index (κ2) is 6.95. The molecule has 1 aliphatic carbocycles. The molecule has 0 bridgehead atoms. The topological polar surface area (TPSA) is 60.7 Å². The monoisotopic (exact) mass is 329 g/mol. The van der Waals surface area contributed by atoms with Gasteiger partial charge in [0, 0.05) is 12.0 Å². The number of carbonyl (C=O) groups excluding carboxylic acids is 1. The highest BCUT2D eigenvalue weighted by Gasteiger charge is 2.35. The minimum Gasteiger partial charge on any atom is -0.459 e. The van der Waals surface area contributed by atoms with E-state index in [9.17, 15) is 4.79 Å². The maximum Gasteiger partial charge on any atom is 0.246 e. The lowest BCUT2D eigenvalue weighted by Gasteiger charge is -2.16. The van der Waals surface area contributed by atoms with E-state index in [-0.39, 0.29) is 24.7 Å². The van der Waals surface area contributed by atoms with Gasteiger partial charge >= 0.3 is 0 Å². The summed E-state index contributed by atoms with van der Waals surface area (Å²) in [6, 6.07) is 9.90. The molecular formula is C19H23NO4. The molecule has 1 aromatic carbocycles. The van der Waals surface area contributed by atoms with Crippen molar-refractivity contribution in [3.8, 4) is 0 Å². The average Bonchev–Trinajstić information content (AvgIpc) is 3.12. The summed E-state index contributed by atoms with van der Waals surface area (Å²) in [7, 11) is 0. The number of hydrogen-bond donors (Lipinski definition) is 1. The van der Waals surface area contributed by atoms with E-state index in [1.807, 2.05) is 30.3 Å². The molecule has 0 unspecified atom stereocenters. The first-order chi connectivity index (χ1) is 11.8. The van der Waals surface area contributed by atoms with Crippen molar-refractivity contribution in [2.24, 2.45) is 5.92 Å². The molecule has 2 aliphatic rings. The minimum atomic E-state index is -0.0923. The van der Waals surface area contributed by atoms with Gasteiger partial charge < -0.3 is 19.2 Å². The van der Waals surface area contributed by atoms with E-state index < -0.39 is 0 Å². The summed E-state index contributed by atoms with van der Waals surface area (Å²) >= 11 is 0. The van der Waals surface area contributed by atoms with Crippen LogP contribution < -0.4 is 5.32 Å². The highest BCUT2D eigenvalue weighted by Crippen LogP contribution is 2.42. The van der Waals surface area contributed by atoms with Gasteiger partial charge in [-0.3, -0.25) is 4.79 Å². The summed E-state index contributed by atoms with van der Waals surface area (Å²) in [6.45, 7) is 1.37.